The van der Waals surface area contributed by atoms with E-state index in [1.807, 2.05) is 19.9 Å². The predicted molar refractivity (Wildman–Crippen MR) is 89.1 cm³/mol. The van der Waals surface area contributed by atoms with Crippen molar-refractivity contribution < 1.29 is 17.9 Å². The largest absolute Gasteiger partial charge is 0.497 e. The minimum absolute atomic E-state index is 0.0139. The van der Waals surface area contributed by atoms with Crippen LogP contribution in [0.4, 0.5) is 0 Å². The van der Waals surface area contributed by atoms with Gasteiger partial charge >= 0.3 is 0 Å². The number of carbonyl (C=O) groups is 1. The summed E-state index contributed by atoms with van der Waals surface area (Å²) in [6.07, 6.45) is 3.38. The molecular weight excluding hydrogens is 316 g/mol. The first kappa shape index (κ1) is 17.2. The lowest BCUT2D eigenvalue weighted by molar-refractivity contribution is -0.121. The Morgan fingerprint density at radius 3 is 2.65 bits per heavy atom. The second-order valence-corrected chi connectivity index (χ2v) is 7.69. The molecule has 0 aliphatic carbocycles. The molecule has 0 radical (unpaired) electrons. The highest BCUT2D eigenvalue weighted by Gasteiger charge is 2.21. The lowest BCUT2D eigenvalue weighted by Crippen LogP contribution is -2.31. The summed E-state index contributed by atoms with van der Waals surface area (Å²) in [5, 5.41) is 4.10. The number of carbonyl (C=O) groups excluding carboxylic acids is 1. The molecule has 0 fully saturated rings. The Morgan fingerprint density at radius 2 is 2.09 bits per heavy atom. The van der Waals surface area contributed by atoms with Crippen molar-refractivity contribution in [2.45, 2.75) is 25.2 Å². The van der Waals surface area contributed by atoms with Gasteiger partial charge in [-0.1, -0.05) is 6.92 Å². The summed E-state index contributed by atoms with van der Waals surface area (Å²) in [6.45, 7) is 3.81. The molecule has 0 bridgehead atoms. The number of allylic oxidation sites excluding steroid dienone is 1. The molecule has 7 heteroatoms. The maximum atomic E-state index is 11.8. The highest BCUT2D eigenvalue weighted by Crippen LogP contribution is 2.24. The first-order valence-electron chi connectivity index (χ1n) is 7.15. The number of benzene rings is 1. The minimum Gasteiger partial charge on any atom is -0.497 e. The molecule has 1 unspecified atom stereocenters. The van der Waals surface area contributed by atoms with E-state index in [0.717, 1.165) is 17.5 Å². The summed E-state index contributed by atoms with van der Waals surface area (Å²) in [5.41, 5.74) is 4.83. The number of nitrogens with zero attached hydrogens (tertiary/aromatic N) is 1. The fraction of sp³-hybridized carbons (Fsp3) is 0.375. The SMILES string of the molecule is COc1cc(C=C(C)C2=NNC(=O)CC2C)cc(S(C)(=O)=O)c1. The van der Waals surface area contributed by atoms with Crippen LogP contribution in [0.3, 0.4) is 0 Å². The van der Waals surface area contributed by atoms with Crippen LogP contribution in [-0.2, 0) is 14.6 Å². The van der Waals surface area contributed by atoms with Gasteiger partial charge in [0.15, 0.2) is 9.84 Å². The summed E-state index contributed by atoms with van der Waals surface area (Å²) >= 11 is 0. The number of hydrogen-bond acceptors (Lipinski definition) is 5. The van der Waals surface area contributed by atoms with Gasteiger partial charge in [-0.05, 0) is 42.3 Å². The van der Waals surface area contributed by atoms with Crippen molar-refractivity contribution in [3.05, 3.63) is 29.3 Å². The molecule has 2 rings (SSSR count). The topological polar surface area (TPSA) is 84.8 Å². The van der Waals surface area contributed by atoms with Gasteiger partial charge in [0.1, 0.15) is 5.75 Å². The Bertz CT molecular complexity index is 794. The molecule has 1 atom stereocenters. The number of rotatable bonds is 4. The zero-order valence-electron chi connectivity index (χ0n) is 13.6. The molecule has 1 heterocycles. The number of nitrogens with one attached hydrogen (secondary N) is 1. The summed E-state index contributed by atoms with van der Waals surface area (Å²) < 4.78 is 28.7. The average Bonchev–Trinajstić information content (AvgIpc) is 2.45. The normalized spacial score (nSPS) is 19.1. The van der Waals surface area contributed by atoms with Gasteiger partial charge in [0.2, 0.25) is 5.91 Å². The third-order valence-electron chi connectivity index (χ3n) is 3.61. The lowest BCUT2D eigenvalue weighted by atomic mass is 9.93. The Labute approximate surface area is 136 Å². The van der Waals surface area contributed by atoms with Crippen LogP contribution < -0.4 is 10.2 Å². The smallest absolute Gasteiger partial charge is 0.240 e. The van der Waals surface area contributed by atoms with Crippen molar-refractivity contribution in [2.75, 3.05) is 13.4 Å². The van der Waals surface area contributed by atoms with Gasteiger partial charge in [0.25, 0.3) is 0 Å². The summed E-state index contributed by atoms with van der Waals surface area (Å²) in [5.74, 6) is 0.383. The molecule has 124 valence electrons. The van der Waals surface area contributed by atoms with Crippen LogP contribution in [0.1, 0.15) is 25.8 Å². The Hall–Kier alpha value is -2.15. The molecule has 1 aromatic rings. The molecule has 6 nitrogen and oxygen atoms in total. The second kappa shape index (κ2) is 6.54. The Kier molecular flexibility index (Phi) is 4.89. The maximum absolute atomic E-state index is 11.8. The number of ether oxygens (including phenoxy) is 1. The fourth-order valence-electron chi connectivity index (χ4n) is 2.46. The van der Waals surface area contributed by atoms with Gasteiger partial charge in [0.05, 0.1) is 17.7 Å². The van der Waals surface area contributed by atoms with Gasteiger partial charge < -0.3 is 4.74 Å². The zero-order valence-corrected chi connectivity index (χ0v) is 14.4. The third-order valence-corrected chi connectivity index (χ3v) is 4.70. The van der Waals surface area contributed by atoms with E-state index in [4.69, 9.17) is 4.74 Å². The number of methoxy groups -OCH3 is 1. The van der Waals surface area contributed by atoms with Crippen LogP contribution >= 0.6 is 0 Å². The molecule has 1 aliphatic rings. The number of sulfone groups is 1. The van der Waals surface area contributed by atoms with Gasteiger partial charge in [-0.2, -0.15) is 5.10 Å². The molecule has 0 spiro atoms. The van der Waals surface area contributed by atoms with Crippen LogP contribution in [0.25, 0.3) is 6.08 Å². The quantitative estimate of drug-likeness (QED) is 0.911. The molecular formula is C16H20N2O4S. The molecule has 1 aliphatic heterocycles. The first-order chi connectivity index (χ1) is 10.7. The van der Waals surface area contributed by atoms with Crippen LogP contribution in [0.15, 0.2) is 33.8 Å². The van der Waals surface area contributed by atoms with Crippen LogP contribution in [-0.4, -0.2) is 33.4 Å². The van der Waals surface area contributed by atoms with E-state index in [9.17, 15) is 13.2 Å². The van der Waals surface area contributed by atoms with Gasteiger partial charge in [0, 0.05) is 18.6 Å². The minimum atomic E-state index is -3.33. The third kappa shape index (κ3) is 4.19. The van der Waals surface area contributed by atoms with E-state index in [1.54, 1.807) is 12.1 Å². The summed E-state index contributed by atoms with van der Waals surface area (Å²) in [4.78, 5) is 11.5. The molecule has 0 aromatic heterocycles. The molecule has 1 amide bonds. The second-order valence-electron chi connectivity index (χ2n) is 5.68. The monoisotopic (exact) mass is 336 g/mol. The number of hydrazone groups is 1. The average molecular weight is 336 g/mol. The van der Waals surface area contributed by atoms with Crippen LogP contribution in [0, 0.1) is 5.92 Å². The molecule has 1 N–H and O–H groups in total. The number of amides is 1. The van der Waals surface area contributed by atoms with Crippen LogP contribution in [0.2, 0.25) is 0 Å². The van der Waals surface area contributed by atoms with Crippen molar-refractivity contribution in [2.24, 2.45) is 11.0 Å². The van der Waals surface area contributed by atoms with Crippen molar-refractivity contribution in [1.29, 1.82) is 0 Å². The van der Waals surface area contributed by atoms with E-state index >= 15 is 0 Å². The van der Waals surface area contributed by atoms with Crippen molar-refractivity contribution in [3.63, 3.8) is 0 Å². The summed E-state index contributed by atoms with van der Waals surface area (Å²) in [7, 11) is -1.84. The molecule has 0 saturated carbocycles. The van der Waals surface area contributed by atoms with Crippen molar-refractivity contribution in [1.82, 2.24) is 5.43 Å². The van der Waals surface area contributed by atoms with E-state index in [0.29, 0.717) is 17.7 Å². The van der Waals surface area contributed by atoms with E-state index in [2.05, 4.69) is 10.5 Å². The first-order valence-corrected chi connectivity index (χ1v) is 9.04. The maximum Gasteiger partial charge on any atom is 0.240 e. The van der Waals surface area contributed by atoms with Gasteiger partial charge in [-0.15, -0.1) is 0 Å². The number of hydrogen-bond donors (Lipinski definition) is 1. The van der Waals surface area contributed by atoms with Crippen LogP contribution in [0.5, 0.6) is 5.75 Å². The highest BCUT2D eigenvalue weighted by molar-refractivity contribution is 7.90. The molecule has 23 heavy (non-hydrogen) atoms. The van der Waals surface area contributed by atoms with E-state index < -0.39 is 9.84 Å². The Balaban J connectivity index is 2.44. The van der Waals surface area contributed by atoms with Crippen molar-refractivity contribution in [3.8, 4) is 5.75 Å². The fourth-order valence-corrected chi connectivity index (χ4v) is 3.14. The lowest BCUT2D eigenvalue weighted by Gasteiger charge is -2.19. The predicted octanol–water partition coefficient (Wildman–Crippen LogP) is 2.01. The van der Waals surface area contributed by atoms with Crippen molar-refractivity contribution >= 4 is 27.5 Å². The molecule has 0 saturated heterocycles. The standard InChI is InChI=1S/C16H20N2O4S/c1-10(16-11(2)6-15(19)17-18-16)5-12-7-13(22-3)9-14(8-12)23(4,20)21/h5,7-9,11H,6H2,1-4H3,(H,17,19). The highest BCUT2D eigenvalue weighted by atomic mass is 32.2. The van der Waals surface area contributed by atoms with E-state index in [-0.39, 0.29) is 16.7 Å². The molecule has 1 aromatic carbocycles. The van der Waals surface area contributed by atoms with Gasteiger partial charge in [-0.25, -0.2) is 13.8 Å². The summed E-state index contributed by atoms with van der Waals surface area (Å²) in [6, 6.07) is 4.84. The zero-order chi connectivity index (χ0) is 17.2. The van der Waals surface area contributed by atoms with Gasteiger partial charge in [-0.3, -0.25) is 4.79 Å². The Morgan fingerprint density at radius 1 is 1.39 bits per heavy atom. The van der Waals surface area contributed by atoms with E-state index in [1.165, 1.54) is 13.2 Å².